The Morgan fingerprint density at radius 3 is 2.90 bits per heavy atom. The van der Waals surface area contributed by atoms with E-state index in [0.717, 1.165) is 18.7 Å². The maximum Gasteiger partial charge on any atom is 0.322 e. The minimum absolute atomic E-state index is 0.0425. The number of nitrogens with one attached hydrogen (secondary N) is 1. The molecule has 5 nitrogen and oxygen atoms in total. The molecule has 1 saturated carbocycles. The maximum absolute atomic E-state index is 12.3. The highest BCUT2D eigenvalue weighted by Crippen LogP contribution is 2.31. The van der Waals surface area contributed by atoms with Crippen LogP contribution in [0.1, 0.15) is 39.2 Å². The SMILES string of the molecule is CS[C@@H]1CC[C@@H](N(C)C(=O)Nc2ccnn2C(C)C)C1. The fraction of sp³-hybridized carbons (Fsp3) is 0.714. The minimum Gasteiger partial charge on any atom is -0.325 e. The zero-order valence-corrected chi connectivity index (χ0v) is 13.5. The topological polar surface area (TPSA) is 50.2 Å². The second-order valence-corrected chi connectivity index (χ2v) is 6.76. The first-order valence-corrected chi connectivity index (χ1v) is 8.41. The first-order chi connectivity index (χ1) is 9.52. The molecule has 0 radical (unpaired) electrons. The molecule has 0 aromatic carbocycles. The normalized spacial score (nSPS) is 22.2. The molecule has 0 saturated heterocycles. The van der Waals surface area contributed by atoms with Crippen LogP contribution in [-0.4, -0.2) is 45.3 Å². The molecule has 112 valence electrons. The van der Waals surface area contributed by atoms with Crippen molar-refractivity contribution in [2.45, 2.75) is 50.4 Å². The van der Waals surface area contributed by atoms with Gasteiger partial charge in [-0.1, -0.05) is 0 Å². The number of amides is 2. The molecule has 1 aromatic heterocycles. The smallest absolute Gasteiger partial charge is 0.322 e. The minimum atomic E-state index is -0.0425. The van der Waals surface area contributed by atoms with Gasteiger partial charge in [-0.3, -0.25) is 5.32 Å². The Balaban J connectivity index is 1.96. The van der Waals surface area contributed by atoms with E-state index in [1.54, 1.807) is 6.20 Å². The second-order valence-electron chi connectivity index (χ2n) is 5.62. The Labute approximate surface area is 125 Å². The summed E-state index contributed by atoms with van der Waals surface area (Å²) in [5, 5.41) is 7.88. The third kappa shape index (κ3) is 3.29. The number of hydrogen-bond acceptors (Lipinski definition) is 3. The van der Waals surface area contributed by atoms with Crippen molar-refractivity contribution in [1.29, 1.82) is 0 Å². The number of carbonyl (C=O) groups is 1. The molecule has 1 heterocycles. The molecule has 0 spiro atoms. The molecule has 0 aliphatic heterocycles. The van der Waals surface area contributed by atoms with Crippen molar-refractivity contribution in [1.82, 2.24) is 14.7 Å². The predicted molar refractivity (Wildman–Crippen MR) is 84.3 cm³/mol. The molecule has 1 fully saturated rings. The van der Waals surface area contributed by atoms with Crippen molar-refractivity contribution in [2.24, 2.45) is 0 Å². The van der Waals surface area contributed by atoms with Crippen molar-refractivity contribution in [3.8, 4) is 0 Å². The molecule has 20 heavy (non-hydrogen) atoms. The Bertz CT molecular complexity index is 460. The van der Waals surface area contributed by atoms with Gasteiger partial charge in [-0.2, -0.15) is 16.9 Å². The van der Waals surface area contributed by atoms with Crippen LogP contribution in [-0.2, 0) is 0 Å². The third-order valence-electron chi connectivity index (χ3n) is 3.95. The van der Waals surface area contributed by atoms with Gasteiger partial charge < -0.3 is 4.90 Å². The van der Waals surface area contributed by atoms with Crippen LogP contribution in [0, 0.1) is 0 Å². The number of carbonyl (C=O) groups excluding carboxylic acids is 1. The Morgan fingerprint density at radius 2 is 2.30 bits per heavy atom. The van der Waals surface area contributed by atoms with Gasteiger partial charge in [-0.05, 0) is 39.4 Å². The first-order valence-electron chi connectivity index (χ1n) is 7.13. The number of urea groups is 1. The zero-order valence-electron chi connectivity index (χ0n) is 12.7. The van der Waals surface area contributed by atoms with Crippen LogP contribution in [0.3, 0.4) is 0 Å². The number of rotatable bonds is 4. The van der Waals surface area contributed by atoms with E-state index >= 15 is 0 Å². The monoisotopic (exact) mass is 296 g/mol. The first kappa shape index (κ1) is 15.2. The summed E-state index contributed by atoms with van der Waals surface area (Å²) in [6.07, 6.45) is 7.25. The lowest BCUT2D eigenvalue weighted by Gasteiger charge is -2.25. The van der Waals surface area contributed by atoms with E-state index in [-0.39, 0.29) is 12.1 Å². The zero-order chi connectivity index (χ0) is 14.7. The second kappa shape index (κ2) is 6.52. The molecule has 6 heteroatoms. The standard InChI is InChI=1S/C14H24N4OS/c1-10(2)18-13(7-8-15-18)16-14(19)17(3)11-5-6-12(9-11)20-4/h7-8,10-12H,5-6,9H2,1-4H3,(H,16,19)/t11-,12-/m1/s1. The van der Waals surface area contributed by atoms with E-state index in [1.807, 2.05) is 48.3 Å². The summed E-state index contributed by atoms with van der Waals surface area (Å²) in [7, 11) is 1.89. The van der Waals surface area contributed by atoms with Crippen LogP contribution >= 0.6 is 11.8 Å². The largest absolute Gasteiger partial charge is 0.325 e. The molecule has 1 aliphatic carbocycles. The average Bonchev–Trinajstić information content (AvgIpc) is 3.06. The number of anilines is 1. The van der Waals surface area contributed by atoms with Crippen LogP contribution in [0.25, 0.3) is 0 Å². The molecule has 1 aromatic rings. The molecule has 0 unspecified atom stereocenters. The molecule has 0 bridgehead atoms. The van der Waals surface area contributed by atoms with Crippen molar-refractivity contribution in [2.75, 3.05) is 18.6 Å². The van der Waals surface area contributed by atoms with E-state index in [2.05, 4.69) is 16.7 Å². The molecule has 1 N–H and O–H groups in total. The highest BCUT2D eigenvalue weighted by atomic mass is 32.2. The van der Waals surface area contributed by atoms with Crippen LogP contribution < -0.4 is 5.32 Å². The molecular formula is C14H24N4OS. The summed E-state index contributed by atoms with van der Waals surface area (Å²) < 4.78 is 1.82. The Kier molecular flexibility index (Phi) is 4.96. The molecular weight excluding hydrogens is 272 g/mol. The van der Waals surface area contributed by atoms with Crippen molar-refractivity contribution in [3.63, 3.8) is 0 Å². The van der Waals surface area contributed by atoms with Gasteiger partial charge in [0, 0.05) is 30.4 Å². The van der Waals surface area contributed by atoms with Gasteiger partial charge in [0.25, 0.3) is 0 Å². The summed E-state index contributed by atoms with van der Waals surface area (Å²) in [5.41, 5.74) is 0. The van der Waals surface area contributed by atoms with E-state index in [1.165, 1.54) is 6.42 Å². The van der Waals surface area contributed by atoms with Crippen molar-refractivity contribution < 1.29 is 4.79 Å². The molecule has 1 aliphatic rings. The van der Waals surface area contributed by atoms with Gasteiger partial charge in [-0.15, -0.1) is 0 Å². The number of hydrogen-bond donors (Lipinski definition) is 1. The summed E-state index contributed by atoms with van der Waals surface area (Å²) in [5.74, 6) is 0.760. The van der Waals surface area contributed by atoms with Crippen LogP contribution in [0.2, 0.25) is 0 Å². The van der Waals surface area contributed by atoms with Gasteiger partial charge in [-0.25, -0.2) is 9.48 Å². The van der Waals surface area contributed by atoms with E-state index in [0.29, 0.717) is 11.3 Å². The predicted octanol–water partition coefficient (Wildman–Crippen LogP) is 3.21. The quantitative estimate of drug-likeness (QED) is 0.928. The van der Waals surface area contributed by atoms with Crippen molar-refractivity contribution in [3.05, 3.63) is 12.3 Å². The lowest BCUT2D eigenvalue weighted by atomic mass is 10.2. The number of thioether (sulfide) groups is 1. The van der Waals surface area contributed by atoms with Crippen LogP contribution in [0.4, 0.5) is 10.6 Å². The van der Waals surface area contributed by atoms with Gasteiger partial charge in [0.15, 0.2) is 0 Å². The van der Waals surface area contributed by atoms with E-state index in [4.69, 9.17) is 0 Å². The fourth-order valence-electron chi connectivity index (χ4n) is 2.67. The lowest BCUT2D eigenvalue weighted by molar-refractivity contribution is 0.204. The van der Waals surface area contributed by atoms with Crippen molar-refractivity contribution >= 4 is 23.6 Å². The Hall–Kier alpha value is -1.17. The average molecular weight is 296 g/mol. The Morgan fingerprint density at radius 1 is 1.55 bits per heavy atom. The maximum atomic E-state index is 12.3. The van der Waals surface area contributed by atoms with Gasteiger partial charge in [0.05, 0.1) is 6.20 Å². The molecule has 2 atom stereocenters. The number of aromatic nitrogens is 2. The highest BCUT2D eigenvalue weighted by Gasteiger charge is 2.29. The lowest BCUT2D eigenvalue weighted by Crippen LogP contribution is -2.39. The third-order valence-corrected chi connectivity index (χ3v) is 5.05. The van der Waals surface area contributed by atoms with Gasteiger partial charge in [0.1, 0.15) is 5.82 Å². The molecule has 2 rings (SSSR count). The summed E-state index contributed by atoms with van der Waals surface area (Å²) in [4.78, 5) is 14.2. The van der Waals surface area contributed by atoms with Crippen LogP contribution in [0.5, 0.6) is 0 Å². The number of nitrogens with zero attached hydrogens (tertiary/aromatic N) is 3. The summed E-state index contributed by atoms with van der Waals surface area (Å²) >= 11 is 1.90. The fourth-order valence-corrected chi connectivity index (χ4v) is 3.46. The summed E-state index contributed by atoms with van der Waals surface area (Å²) in [6, 6.07) is 2.38. The van der Waals surface area contributed by atoms with Gasteiger partial charge >= 0.3 is 6.03 Å². The highest BCUT2D eigenvalue weighted by molar-refractivity contribution is 7.99. The van der Waals surface area contributed by atoms with E-state index < -0.39 is 0 Å². The van der Waals surface area contributed by atoms with Gasteiger partial charge in [0.2, 0.25) is 0 Å². The molecule has 2 amide bonds. The summed E-state index contributed by atoms with van der Waals surface area (Å²) in [6.45, 7) is 4.10. The van der Waals surface area contributed by atoms with Crippen LogP contribution in [0.15, 0.2) is 12.3 Å². The van der Waals surface area contributed by atoms with E-state index in [9.17, 15) is 4.79 Å².